The van der Waals surface area contributed by atoms with Gasteiger partial charge < -0.3 is 15.0 Å². The maximum atomic E-state index is 5.40. The van der Waals surface area contributed by atoms with Crippen LogP contribution in [0, 0.1) is 0 Å². The van der Waals surface area contributed by atoms with Gasteiger partial charge in [0.2, 0.25) is 0 Å². The van der Waals surface area contributed by atoms with E-state index in [9.17, 15) is 0 Å². The van der Waals surface area contributed by atoms with Crippen molar-refractivity contribution >= 4 is 17.2 Å². The zero-order valence-electron chi connectivity index (χ0n) is 13.9. The summed E-state index contributed by atoms with van der Waals surface area (Å²) in [5.41, 5.74) is 3.24. The molecule has 0 unspecified atom stereocenters. The molecule has 2 aromatic carbocycles. The summed E-state index contributed by atoms with van der Waals surface area (Å²) < 4.78 is 5.40. The first-order valence-electron chi connectivity index (χ1n) is 8.47. The van der Waals surface area contributed by atoms with E-state index in [0.717, 1.165) is 49.2 Å². The van der Waals surface area contributed by atoms with E-state index in [1.54, 1.807) is 6.20 Å². The SMILES string of the molecule is c1ccc(-c2nccc(Nc3ccc(N4CCOCC4)cc3)n2)cc1. The number of benzene rings is 2. The van der Waals surface area contributed by atoms with Crippen LogP contribution in [-0.2, 0) is 4.74 Å². The van der Waals surface area contributed by atoms with Gasteiger partial charge in [-0.15, -0.1) is 0 Å². The van der Waals surface area contributed by atoms with E-state index in [1.165, 1.54) is 5.69 Å². The normalized spacial score (nSPS) is 14.3. The van der Waals surface area contributed by atoms with Crippen LogP contribution in [0.4, 0.5) is 17.2 Å². The molecule has 0 atom stereocenters. The Morgan fingerprint density at radius 1 is 0.880 bits per heavy atom. The van der Waals surface area contributed by atoms with E-state index in [1.807, 2.05) is 36.4 Å². The lowest BCUT2D eigenvalue weighted by Crippen LogP contribution is -2.36. The molecule has 0 saturated carbocycles. The van der Waals surface area contributed by atoms with Crippen molar-refractivity contribution < 1.29 is 4.74 Å². The zero-order chi connectivity index (χ0) is 16.9. The Bertz CT molecular complexity index is 815. The number of morpholine rings is 1. The number of nitrogens with one attached hydrogen (secondary N) is 1. The summed E-state index contributed by atoms with van der Waals surface area (Å²) in [6.07, 6.45) is 1.78. The zero-order valence-corrected chi connectivity index (χ0v) is 13.9. The molecule has 1 aromatic heterocycles. The molecule has 0 radical (unpaired) electrons. The fourth-order valence-corrected chi connectivity index (χ4v) is 2.88. The third kappa shape index (κ3) is 3.78. The van der Waals surface area contributed by atoms with Gasteiger partial charge in [0.15, 0.2) is 5.82 Å². The third-order valence-electron chi connectivity index (χ3n) is 4.20. The van der Waals surface area contributed by atoms with Crippen LogP contribution in [0.15, 0.2) is 66.9 Å². The van der Waals surface area contributed by atoms with E-state index in [0.29, 0.717) is 0 Å². The summed E-state index contributed by atoms with van der Waals surface area (Å²) in [4.78, 5) is 11.3. The number of ether oxygens (including phenoxy) is 1. The van der Waals surface area contributed by atoms with Gasteiger partial charge in [-0.2, -0.15) is 0 Å². The second-order valence-electron chi connectivity index (χ2n) is 5.90. The van der Waals surface area contributed by atoms with Crippen molar-refractivity contribution in [3.63, 3.8) is 0 Å². The highest BCUT2D eigenvalue weighted by molar-refractivity contribution is 5.63. The van der Waals surface area contributed by atoms with Crippen molar-refractivity contribution in [2.45, 2.75) is 0 Å². The van der Waals surface area contributed by atoms with Gasteiger partial charge in [-0.3, -0.25) is 0 Å². The summed E-state index contributed by atoms with van der Waals surface area (Å²) >= 11 is 0. The minimum Gasteiger partial charge on any atom is -0.378 e. The largest absolute Gasteiger partial charge is 0.378 e. The van der Waals surface area contributed by atoms with Crippen LogP contribution in [0.2, 0.25) is 0 Å². The molecule has 0 spiro atoms. The molecule has 1 fully saturated rings. The summed E-state index contributed by atoms with van der Waals surface area (Å²) in [5.74, 6) is 1.50. The van der Waals surface area contributed by atoms with Gasteiger partial charge in [0.1, 0.15) is 5.82 Å². The molecule has 0 amide bonds. The quantitative estimate of drug-likeness (QED) is 0.789. The lowest BCUT2D eigenvalue weighted by molar-refractivity contribution is 0.122. The van der Waals surface area contributed by atoms with Crippen LogP contribution in [0.5, 0.6) is 0 Å². The molecule has 2 heterocycles. The second kappa shape index (κ2) is 7.32. The summed E-state index contributed by atoms with van der Waals surface area (Å²) in [6, 6.07) is 20.3. The monoisotopic (exact) mass is 332 g/mol. The predicted molar refractivity (Wildman–Crippen MR) is 100 cm³/mol. The number of nitrogens with zero attached hydrogens (tertiary/aromatic N) is 3. The van der Waals surface area contributed by atoms with E-state index in [2.05, 4.69) is 44.5 Å². The molecule has 3 aromatic rings. The molecule has 0 aliphatic carbocycles. The number of anilines is 3. The fraction of sp³-hybridized carbons (Fsp3) is 0.200. The Labute approximate surface area is 147 Å². The van der Waals surface area contributed by atoms with E-state index < -0.39 is 0 Å². The molecule has 4 rings (SSSR count). The Kier molecular flexibility index (Phi) is 4.57. The van der Waals surface area contributed by atoms with Gasteiger partial charge in [0, 0.05) is 36.2 Å². The molecule has 5 heteroatoms. The minimum atomic E-state index is 0.718. The lowest BCUT2D eigenvalue weighted by atomic mass is 10.2. The predicted octanol–water partition coefficient (Wildman–Crippen LogP) is 3.72. The van der Waals surface area contributed by atoms with Crippen LogP contribution >= 0.6 is 0 Å². The Hall–Kier alpha value is -2.92. The van der Waals surface area contributed by atoms with Gasteiger partial charge in [-0.05, 0) is 30.3 Å². The van der Waals surface area contributed by atoms with Crippen molar-refractivity contribution in [1.82, 2.24) is 9.97 Å². The minimum absolute atomic E-state index is 0.718. The van der Waals surface area contributed by atoms with Gasteiger partial charge in [-0.25, -0.2) is 9.97 Å². The summed E-state index contributed by atoms with van der Waals surface area (Å²) in [7, 11) is 0. The average Bonchev–Trinajstić information content (AvgIpc) is 2.70. The molecular formula is C20H20N4O. The maximum Gasteiger partial charge on any atom is 0.161 e. The Morgan fingerprint density at radius 3 is 2.40 bits per heavy atom. The van der Waals surface area contributed by atoms with Crippen LogP contribution < -0.4 is 10.2 Å². The van der Waals surface area contributed by atoms with E-state index >= 15 is 0 Å². The number of hydrogen-bond acceptors (Lipinski definition) is 5. The van der Waals surface area contributed by atoms with Crippen molar-refractivity contribution in [2.75, 3.05) is 36.5 Å². The highest BCUT2D eigenvalue weighted by atomic mass is 16.5. The van der Waals surface area contributed by atoms with Gasteiger partial charge in [0.05, 0.1) is 13.2 Å². The van der Waals surface area contributed by atoms with Crippen LogP contribution in [0.25, 0.3) is 11.4 Å². The first kappa shape index (κ1) is 15.6. The molecule has 5 nitrogen and oxygen atoms in total. The molecule has 1 N–H and O–H groups in total. The molecule has 0 bridgehead atoms. The first-order chi connectivity index (χ1) is 12.4. The summed E-state index contributed by atoms with van der Waals surface area (Å²) in [5, 5.41) is 3.35. The molecule has 1 aliphatic rings. The maximum absolute atomic E-state index is 5.40. The molecule has 1 saturated heterocycles. The van der Waals surface area contributed by atoms with Crippen molar-refractivity contribution in [2.24, 2.45) is 0 Å². The molecule has 1 aliphatic heterocycles. The number of aromatic nitrogens is 2. The number of hydrogen-bond donors (Lipinski definition) is 1. The van der Waals surface area contributed by atoms with Gasteiger partial charge in [-0.1, -0.05) is 30.3 Å². The van der Waals surface area contributed by atoms with Crippen molar-refractivity contribution in [3.8, 4) is 11.4 Å². The van der Waals surface area contributed by atoms with Crippen LogP contribution in [-0.4, -0.2) is 36.3 Å². The highest BCUT2D eigenvalue weighted by Gasteiger charge is 2.10. The van der Waals surface area contributed by atoms with Crippen LogP contribution in [0.3, 0.4) is 0 Å². The van der Waals surface area contributed by atoms with Gasteiger partial charge in [0.25, 0.3) is 0 Å². The molecule has 25 heavy (non-hydrogen) atoms. The van der Waals surface area contributed by atoms with E-state index in [4.69, 9.17) is 4.74 Å². The Morgan fingerprint density at radius 2 is 1.64 bits per heavy atom. The van der Waals surface area contributed by atoms with Crippen molar-refractivity contribution in [1.29, 1.82) is 0 Å². The summed E-state index contributed by atoms with van der Waals surface area (Å²) in [6.45, 7) is 3.48. The third-order valence-corrected chi connectivity index (χ3v) is 4.20. The smallest absolute Gasteiger partial charge is 0.161 e. The molecule has 126 valence electrons. The number of rotatable bonds is 4. The standard InChI is InChI=1S/C20H20N4O/c1-2-4-16(5-3-1)20-21-11-10-19(23-20)22-17-6-8-18(9-7-17)24-12-14-25-15-13-24/h1-11H,12-15H2,(H,21,22,23). The average molecular weight is 332 g/mol. The Balaban J connectivity index is 1.48. The topological polar surface area (TPSA) is 50.3 Å². The lowest BCUT2D eigenvalue weighted by Gasteiger charge is -2.28. The van der Waals surface area contributed by atoms with Gasteiger partial charge >= 0.3 is 0 Å². The van der Waals surface area contributed by atoms with Crippen LogP contribution in [0.1, 0.15) is 0 Å². The highest BCUT2D eigenvalue weighted by Crippen LogP contribution is 2.22. The fourth-order valence-electron chi connectivity index (χ4n) is 2.88. The van der Waals surface area contributed by atoms with Crippen molar-refractivity contribution in [3.05, 3.63) is 66.9 Å². The van der Waals surface area contributed by atoms with E-state index in [-0.39, 0.29) is 0 Å². The second-order valence-corrected chi connectivity index (χ2v) is 5.90. The molecular weight excluding hydrogens is 312 g/mol. The first-order valence-corrected chi connectivity index (χ1v) is 8.47.